The van der Waals surface area contributed by atoms with Crippen molar-refractivity contribution in [2.45, 2.75) is 45.3 Å². The topological polar surface area (TPSA) is 88.0 Å². The molecular weight excluding hydrogens is 506 g/mol. The number of nitriles is 1. The molecule has 2 heterocycles. The van der Waals surface area contributed by atoms with E-state index in [1.807, 2.05) is 53.5 Å². The third-order valence-electron chi connectivity index (χ3n) is 6.89. The number of pyridine rings is 1. The molecule has 5 rings (SSSR count). The van der Waals surface area contributed by atoms with Crippen LogP contribution in [0.1, 0.15) is 56.0 Å². The van der Waals surface area contributed by atoms with Crippen molar-refractivity contribution in [1.82, 2.24) is 21.0 Å². The molecule has 39 heavy (non-hydrogen) atoms. The minimum absolute atomic E-state index is 0.0253. The van der Waals surface area contributed by atoms with Crippen molar-refractivity contribution in [1.29, 1.82) is 5.26 Å². The van der Waals surface area contributed by atoms with Crippen molar-refractivity contribution < 1.29 is 0 Å². The summed E-state index contributed by atoms with van der Waals surface area (Å²) in [4.78, 5) is 4.54. The van der Waals surface area contributed by atoms with Gasteiger partial charge in [0.1, 0.15) is 6.07 Å². The van der Waals surface area contributed by atoms with E-state index in [2.05, 4.69) is 83.9 Å². The van der Waals surface area contributed by atoms with Crippen LogP contribution in [0, 0.1) is 11.3 Å². The molecule has 2 atom stereocenters. The Hall–Kier alpha value is -4.25. The van der Waals surface area contributed by atoms with Crippen LogP contribution in [0.2, 0.25) is 5.02 Å². The molecule has 0 fully saturated rings. The first-order chi connectivity index (χ1) is 19.0. The minimum atomic E-state index is -0.174. The van der Waals surface area contributed by atoms with Crippen molar-refractivity contribution in [2.75, 3.05) is 10.6 Å². The van der Waals surface area contributed by atoms with Gasteiger partial charge in [-0.2, -0.15) is 5.26 Å². The second-order valence-corrected chi connectivity index (χ2v) is 10.2. The van der Waals surface area contributed by atoms with E-state index in [4.69, 9.17) is 11.6 Å². The molecule has 0 bridgehead atoms. The summed E-state index contributed by atoms with van der Waals surface area (Å²) in [6.45, 7) is 6.37. The summed E-state index contributed by atoms with van der Waals surface area (Å²) in [5.41, 5.74) is 12.4. The highest BCUT2D eigenvalue weighted by Crippen LogP contribution is 2.37. The van der Waals surface area contributed by atoms with Gasteiger partial charge >= 0.3 is 0 Å². The number of halogens is 1. The zero-order chi connectivity index (χ0) is 27.4. The molecule has 0 unspecified atom stereocenters. The Morgan fingerprint density at radius 3 is 2.31 bits per heavy atom. The fourth-order valence-corrected chi connectivity index (χ4v) is 5.05. The normalized spacial score (nSPS) is 14.5. The number of nitrogens with one attached hydrogen (secondary N) is 4. The number of benzene rings is 3. The van der Waals surface area contributed by atoms with Crippen LogP contribution in [0.4, 0.5) is 11.4 Å². The van der Waals surface area contributed by atoms with E-state index in [0.29, 0.717) is 16.1 Å². The molecule has 0 aliphatic carbocycles. The molecular formula is C31H32ClN7. The van der Waals surface area contributed by atoms with Crippen LogP contribution < -0.4 is 21.6 Å². The first-order valence-corrected chi connectivity index (χ1v) is 13.5. The van der Waals surface area contributed by atoms with Gasteiger partial charge in [0.2, 0.25) is 0 Å². The summed E-state index contributed by atoms with van der Waals surface area (Å²) >= 11 is 6.81. The van der Waals surface area contributed by atoms with E-state index >= 15 is 0 Å². The van der Waals surface area contributed by atoms with Crippen molar-refractivity contribution in [2.24, 2.45) is 0 Å². The molecule has 0 spiro atoms. The van der Waals surface area contributed by atoms with E-state index in [-0.39, 0.29) is 18.1 Å². The summed E-state index contributed by atoms with van der Waals surface area (Å²) < 4.78 is 0. The van der Waals surface area contributed by atoms with Gasteiger partial charge in [-0.05, 0) is 43.5 Å². The number of hydrogen-bond acceptors (Lipinski definition) is 7. The molecule has 1 aliphatic heterocycles. The Morgan fingerprint density at radius 1 is 1.00 bits per heavy atom. The Kier molecular flexibility index (Phi) is 7.87. The second kappa shape index (κ2) is 11.6. The first-order valence-electron chi connectivity index (χ1n) is 13.2. The lowest BCUT2D eigenvalue weighted by atomic mass is 10.0. The number of anilines is 2. The van der Waals surface area contributed by atoms with E-state index in [1.165, 1.54) is 0 Å². The molecule has 4 N–H and O–H groups in total. The van der Waals surface area contributed by atoms with Crippen LogP contribution in [0.3, 0.4) is 0 Å². The van der Waals surface area contributed by atoms with Gasteiger partial charge in [-0.25, -0.2) is 0 Å². The van der Waals surface area contributed by atoms with Gasteiger partial charge in [-0.3, -0.25) is 9.99 Å². The van der Waals surface area contributed by atoms with Crippen molar-refractivity contribution >= 4 is 33.9 Å². The van der Waals surface area contributed by atoms with Crippen molar-refractivity contribution in [3.05, 3.63) is 113 Å². The number of fused-ring (bicyclic) bond motifs is 1. The highest BCUT2D eigenvalue weighted by molar-refractivity contribution is 6.35. The van der Waals surface area contributed by atoms with E-state index in [9.17, 15) is 5.26 Å². The fraction of sp³-hybridized carbons (Fsp3) is 0.226. The lowest BCUT2D eigenvalue weighted by molar-refractivity contribution is 0.221. The third-order valence-corrected chi connectivity index (χ3v) is 7.18. The molecule has 0 saturated heterocycles. The Balaban J connectivity index is 1.57. The average Bonchev–Trinajstić information content (AvgIpc) is 3.46. The maximum atomic E-state index is 9.97. The quantitative estimate of drug-likeness (QED) is 0.182. The molecule has 1 aliphatic rings. The molecule has 8 heteroatoms. The summed E-state index contributed by atoms with van der Waals surface area (Å²) in [6.07, 6.45) is 4.51. The maximum Gasteiger partial charge on any atom is 0.103 e. The lowest BCUT2D eigenvalue weighted by Crippen LogP contribution is -2.41. The standard InChI is InChI=1S/C31H32ClN7/c1-4-27(21-11-7-5-8-12-21)36-29-23(17-33)18-34-31-25(29)15-24(16-26(31)32)35-30(22-13-9-6-10-14-22)28-19-39(20(2)3)38-37-28/h5-16,18-20,27,30,35,37-38H,4H2,1-3H3,(H,34,36)/t27-,30+/m1/s1. The van der Waals surface area contributed by atoms with Crippen LogP contribution in [0.25, 0.3) is 10.9 Å². The van der Waals surface area contributed by atoms with Gasteiger partial charge in [0.15, 0.2) is 0 Å². The Labute approximate surface area is 234 Å². The third kappa shape index (κ3) is 5.63. The van der Waals surface area contributed by atoms with E-state index in [1.54, 1.807) is 6.20 Å². The molecule has 1 aromatic heterocycles. The summed E-state index contributed by atoms with van der Waals surface area (Å²) in [7, 11) is 0. The first kappa shape index (κ1) is 26.4. The largest absolute Gasteiger partial charge is 0.377 e. The lowest BCUT2D eigenvalue weighted by Gasteiger charge is -2.23. The summed E-state index contributed by atoms with van der Waals surface area (Å²) in [5.74, 6) is 0. The van der Waals surface area contributed by atoms with Gasteiger partial charge in [0, 0.05) is 29.5 Å². The highest BCUT2D eigenvalue weighted by Gasteiger charge is 2.24. The van der Waals surface area contributed by atoms with Gasteiger partial charge in [-0.1, -0.05) is 79.2 Å². The number of nitrogens with zero attached hydrogens (tertiary/aromatic N) is 3. The van der Waals surface area contributed by atoms with Gasteiger partial charge in [0.25, 0.3) is 0 Å². The van der Waals surface area contributed by atoms with Gasteiger partial charge in [0.05, 0.1) is 39.6 Å². The highest BCUT2D eigenvalue weighted by atomic mass is 35.5. The smallest absolute Gasteiger partial charge is 0.103 e. The summed E-state index contributed by atoms with van der Waals surface area (Å²) in [5, 5.41) is 20.6. The molecule has 7 nitrogen and oxygen atoms in total. The number of hydrazine groups is 2. The van der Waals surface area contributed by atoms with Crippen molar-refractivity contribution in [3.63, 3.8) is 0 Å². The Morgan fingerprint density at radius 2 is 1.69 bits per heavy atom. The predicted octanol–water partition coefficient (Wildman–Crippen LogP) is 7.05. The van der Waals surface area contributed by atoms with Gasteiger partial charge in [-0.15, -0.1) is 5.53 Å². The molecule has 0 saturated carbocycles. The van der Waals surface area contributed by atoms with Crippen LogP contribution in [0.15, 0.2) is 90.9 Å². The monoisotopic (exact) mass is 537 g/mol. The van der Waals surface area contributed by atoms with Crippen LogP contribution in [-0.4, -0.2) is 16.0 Å². The average molecular weight is 538 g/mol. The maximum absolute atomic E-state index is 9.97. The Bertz CT molecular complexity index is 1510. The summed E-state index contributed by atoms with van der Waals surface area (Å²) in [6, 6.07) is 26.8. The van der Waals surface area contributed by atoms with E-state index in [0.717, 1.165) is 40.0 Å². The van der Waals surface area contributed by atoms with Crippen LogP contribution >= 0.6 is 11.6 Å². The number of rotatable bonds is 9. The second-order valence-electron chi connectivity index (χ2n) is 9.84. The molecule has 0 radical (unpaired) electrons. The zero-order valence-corrected chi connectivity index (χ0v) is 23.0. The molecule has 0 amide bonds. The SMILES string of the molecule is CC[C@@H](Nc1c(C#N)cnc2c(Cl)cc(N[C@H](C3=CN(C(C)C)NN3)c3ccccc3)cc12)c1ccccc1. The number of hydrogen-bond donors (Lipinski definition) is 4. The van der Waals surface area contributed by atoms with Gasteiger partial charge < -0.3 is 16.1 Å². The van der Waals surface area contributed by atoms with Crippen molar-refractivity contribution in [3.8, 4) is 6.07 Å². The van der Waals surface area contributed by atoms with Crippen LogP contribution in [0.5, 0.6) is 0 Å². The fourth-order valence-electron chi connectivity index (χ4n) is 4.79. The molecule has 4 aromatic rings. The predicted molar refractivity (Wildman–Crippen MR) is 159 cm³/mol. The van der Waals surface area contributed by atoms with Crippen LogP contribution in [-0.2, 0) is 0 Å². The van der Waals surface area contributed by atoms with E-state index < -0.39 is 0 Å². The molecule has 198 valence electrons. The molecule has 3 aromatic carbocycles. The zero-order valence-electron chi connectivity index (χ0n) is 22.2. The number of aromatic nitrogens is 1. The minimum Gasteiger partial charge on any atom is -0.377 e.